The Morgan fingerprint density at radius 3 is 2.52 bits per heavy atom. The first-order valence-electron chi connectivity index (χ1n) is 8.28. The lowest BCUT2D eigenvalue weighted by Crippen LogP contribution is -2.40. The van der Waals surface area contributed by atoms with Crippen LogP contribution in [0.4, 0.5) is 29.3 Å². The molecule has 1 aromatic carbocycles. The van der Waals surface area contributed by atoms with Crippen molar-refractivity contribution in [3.8, 4) is 0 Å². The van der Waals surface area contributed by atoms with E-state index in [0.717, 1.165) is 31.6 Å². The zero-order valence-corrected chi connectivity index (χ0v) is 14.9. The number of carbonyl (C=O) groups excluding carboxylic acids is 1. The lowest BCUT2D eigenvalue weighted by Gasteiger charge is -2.22. The molecular weight excluding hydrogens is 333 g/mol. The Labute approximate surface area is 146 Å². The van der Waals surface area contributed by atoms with Gasteiger partial charge in [0.2, 0.25) is 0 Å². The Morgan fingerprint density at radius 1 is 1.32 bits per heavy atom. The van der Waals surface area contributed by atoms with E-state index < -0.39 is 17.8 Å². The van der Waals surface area contributed by atoms with Gasteiger partial charge in [-0.1, -0.05) is 0 Å². The average Bonchev–Trinajstić information content (AvgIpc) is 2.94. The standard InChI is InChI=1S/C17H25F3N4O/c1-11(2)24-8-7-13(10-24)21-16(25)22-14-9-12(17(18,19)20)5-6-15(14)23(3)4/h5-6,9,11,13H,7-8,10H2,1-4H3,(H2,21,22,25). The molecule has 0 aliphatic carbocycles. The Bertz CT molecular complexity index is 616. The molecule has 0 saturated carbocycles. The highest BCUT2D eigenvalue weighted by Gasteiger charge is 2.31. The monoisotopic (exact) mass is 358 g/mol. The van der Waals surface area contributed by atoms with Gasteiger partial charge in [-0.2, -0.15) is 13.2 Å². The van der Waals surface area contributed by atoms with Crippen LogP contribution in [0.1, 0.15) is 25.8 Å². The van der Waals surface area contributed by atoms with E-state index in [1.165, 1.54) is 6.07 Å². The quantitative estimate of drug-likeness (QED) is 0.868. The highest BCUT2D eigenvalue weighted by molar-refractivity contribution is 5.93. The number of carbonyl (C=O) groups is 1. The minimum Gasteiger partial charge on any atom is -0.376 e. The molecule has 2 N–H and O–H groups in total. The SMILES string of the molecule is CC(C)N1CCC(NC(=O)Nc2cc(C(F)(F)F)ccc2N(C)C)C1. The second-order valence-electron chi connectivity index (χ2n) is 6.80. The summed E-state index contributed by atoms with van der Waals surface area (Å²) in [6, 6.07) is 3.24. The molecule has 0 radical (unpaired) electrons. The first kappa shape index (κ1) is 19.4. The van der Waals surface area contributed by atoms with Crippen LogP contribution in [0.25, 0.3) is 0 Å². The molecule has 2 amide bonds. The fourth-order valence-corrected chi connectivity index (χ4v) is 2.92. The Hall–Kier alpha value is -1.96. The molecule has 1 atom stereocenters. The van der Waals surface area contributed by atoms with Crippen molar-refractivity contribution in [2.75, 3.05) is 37.4 Å². The van der Waals surface area contributed by atoms with Crippen molar-refractivity contribution in [1.29, 1.82) is 0 Å². The highest BCUT2D eigenvalue weighted by atomic mass is 19.4. The second-order valence-corrected chi connectivity index (χ2v) is 6.80. The van der Waals surface area contributed by atoms with Crippen molar-refractivity contribution in [3.05, 3.63) is 23.8 Å². The number of halogens is 3. The number of likely N-dealkylation sites (tertiary alicyclic amines) is 1. The van der Waals surface area contributed by atoms with Crippen LogP contribution in [0.15, 0.2) is 18.2 Å². The van der Waals surface area contributed by atoms with E-state index in [1.807, 2.05) is 0 Å². The lowest BCUT2D eigenvalue weighted by molar-refractivity contribution is -0.137. The maximum atomic E-state index is 12.9. The molecule has 5 nitrogen and oxygen atoms in total. The van der Waals surface area contributed by atoms with Crippen LogP contribution in [0.2, 0.25) is 0 Å². The summed E-state index contributed by atoms with van der Waals surface area (Å²) in [6.07, 6.45) is -3.63. The van der Waals surface area contributed by atoms with Gasteiger partial charge >= 0.3 is 12.2 Å². The smallest absolute Gasteiger partial charge is 0.376 e. The molecule has 140 valence electrons. The summed E-state index contributed by atoms with van der Waals surface area (Å²) in [5, 5.41) is 5.41. The van der Waals surface area contributed by atoms with Crippen LogP contribution in [0.5, 0.6) is 0 Å². The lowest BCUT2D eigenvalue weighted by atomic mass is 10.1. The number of amides is 2. The highest BCUT2D eigenvalue weighted by Crippen LogP contribution is 2.34. The fourth-order valence-electron chi connectivity index (χ4n) is 2.92. The minimum absolute atomic E-state index is 0.00370. The fraction of sp³-hybridized carbons (Fsp3) is 0.588. The molecule has 1 aromatic rings. The van der Waals surface area contributed by atoms with Gasteiger partial charge in [0.1, 0.15) is 0 Å². The van der Waals surface area contributed by atoms with Gasteiger partial charge in [0.05, 0.1) is 16.9 Å². The van der Waals surface area contributed by atoms with Crippen molar-refractivity contribution in [2.24, 2.45) is 0 Å². The predicted molar refractivity (Wildman–Crippen MR) is 93.0 cm³/mol. The van der Waals surface area contributed by atoms with Gasteiger partial charge < -0.3 is 15.5 Å². The second kappa shape index (κ2) is 7.51. The summed E-state index contributed by atoms with van der Waals surface area (Å²) in [5.41, 5.74) is -0.144. The van der Waals surface area contributed by atoms with E-state index >= 15 is 0 Å². The molecule has 1 saturated heterocycles. The molecule has 1 fully saturated rings. The molecule has 2 rings (SSSR count). The number of nitrogens with zero attached hydrogens (tertiary/aromatic N) is 2. The Kier molecular flexibility index (Phi) is 5.82. The van der Waals surface area contributed by atoms with Crippen LogP contribution >= 0.6 is 0 Å². The van der Waals surface area contributed by atoms with E-state index in [-0.39, 0.29) is 11.7 Å². The van der Waals surface area contributed by atoms with Gasteiger partial charge in [0.25, 0.3) is 0 Å². The third-order valence-corrected chi connectivity index (χ3v) is 4.34. The average molecular weight is 358 g/mol. The van der Waals surface area contributed by atoms with E-state index in [1.54, 1.807) is 19.0 Å². The van der Waals surface area contributed by atoms with Crippen molar-refractivity contribution in [2.45, 2.75) is 38.5 Å². The first-order chi connectivity index (χ1) is 11.6. The third kappa shape index (κ3) is 5.01. The summed E-state index contributed by atoms with van der Waals surface area (Å²) in [6.45, 7) is 5.83. The molecular formula is C17H25F3N4O. The van der Waals surface area contributed by atoms with Gasteiger partial charge in [-0.25, -0.2) is 4.79 Å². The molecule has 1 aliphatic heterocycles. The van der Waals surface area contributed by atoms with Crippen LogP contribution in [0, 0.1) is 0 Å². The van der Waals surface area contributed by atoms with Crippen LogP contribution < -0.4 is 15.5 Å². The molecule has 8 heteroatoms. The Morgan fingerprint density at radius 2 is 2.00 bits per heavy atom. The summed E-state index contributed by atoms with van der Waals surface area (Å²) < 4.78 is 38.8. The summed E-state index contributed by atoms with van der Waals surface area (Å²) >= 11 is 0. The minimum atomic E-state index is -4.46. The molecule has 1 unspecified atom stereocenters. The normalized spacial score (nSPS) is 18.5. The summed E-state index contributed by atoms with van der Waals surface area (Å²) in [5.74, 6) is 0. The summed E-state index contributed by atoms with van der Waals surface area (Å²) in [7, 11) is 3.42. The largest absolute Gasteiger partial charge is 0.416 e. The maximum Gasteiger partial charge on any atom is 0.416 e. The molecule has 25 heavy (non-hydrogen) atoms. The summed E-state index contributed by atoms with van der Waals surface area (Å²) in [4.78, 5) is 16.1. The van der Waals surface area contributed by atoms with Gasteiger partial charge in [-0.05, 0) is 38.5 Å². The number of alkyl halides is 3. The number of hydrogen-bond donors (Lipinski definition) is 2. The van der Waals surface area contributed by atoms with Gasteiger partial charge in [-0.15, -0.1) is 0 Å². The topological polar surface area (TPSA) is 47.6 Å². The zero-order valence-electron chi connectivity index (χ0n) is 14.9. The number of benzene rings is 1. The first-order valence-corrected chi connectivity index (χ1v) is 8.28. The number of nitrogens with one attached hydrogen (secondary N) is 2. The van der Waals surface area contributed by atoms with Crippen LogP contribution in [0.3, 0.4) is 0 Å². The molecule has 1 aliphatic rings. The van der Waals surface area contributed by atoms with E-state index in [4.69, 9.17) is 0 Å². The number of rotatable bonds is 4. The van der Waals surface area contributed by atoms with Crippen LogP contribution in [-0.4, -0.2) is 50.2 Å². The number of anilines is 2. The van der Waals surface area contributed by atoms with E-state index in [2.05, 4.69) is 29.4 Å². The van der Waals surface area contributed by atoms with E-state index in [9.17, 15) is 18.0 Å². The number of urea groups is 1. The molecule has 0 spiro atoms. The van der Waals surface area contributed by atoms with Crippen molar-refractivity contribution >= 4 is 17.4 Å². The van der Waals surface area contributed by atoms with Crippen molar-refractivity contribution in [3.63, 3.8) is 0 Å². The Balaban J connectivity index is 2.09. The molecule has 0 bridgehead atoms. The van der Waals surface area contributed by atoms with Gasteiger partial charge in [-0.3, -0.25) is 4.90 Å². The number of hydrogen-bond acceptors (Lipinski definition) is 3. The van der Waals surface area contributed by atoms with Gasteiger partial charge in [0.15, 0.2) is 0 Å². The predicted octanol–water partition coefficient (Wildman–Crippen LogP) is 3.38. The van der Waals surface area contributed by atoms with E-state index in [0.29, 0.717) is 11.7 Å². The van der Waals surface area contributed by atoms with Crippen molar-refractivity contribution < 1.29 is 18.0 Å². The third-order valence-electron chi connectivity index (χ3n) is 4.34. The maximum absolute atomic E-state index is 12.9. The molecule has 0 aromatic heterocycles. The van der Waals surface area contributed by atoms with Crippen LogP contribution in [-0.2, 0) is 6.18 Å². The molecule has 1 heterocycles. The van der Waals surface area contributed by atoms with Gasteiger partial charge in [0, 0.05) is 39.3 Å². The van der Waals surface area contributed by atoms with Crippen molar-refractivity contribution in [1.82, 2.24) is 10.2 Å². The zero-order chi connectivity index (χ0) is 18.8.